The van der Waals surface area contributed by atoms with Gasteiger partial charge in [0, 0.05) is 25.3 Å². The highest BCUT2D eigenvalue weighted by molar-refractivity contribution is 6.30. The SMILES string of the molecule is C[C@]1(c2ccc(Cl)cn2)Oc2cccc(C3CCN(Cc4nc5cc(-c6nnn[nH]6)ncc5n4C[C@@H]4CCO4)CC3)c2O1. The van der Waals surface area contributed by atoms with Gasteiger partial charge in [-0.2, -0.15) is 0 Å². The smallest absolute Gasteiger partial charge is 0.292 e. The van der Waals surface area contributed by atoms with Crippen molar-refractivity contribution in [2.24, 2.45) is 0 Å². The predicted octanol–water partition coefficient (Wildman–Crippen LogP) is 4.47. The van der Waals surface area contributed by atoms with Crippen LogP contribution in [-0.2, 0) is 23.6 Å². The van der Waals surface area contributed by atoms with E-state index in [9.17, 15) is 0 Å². The fourth-order valence-corrected chi connectivity index (χ4v) is 6.36. The van der Waals surface area contributed by atoms with Crippen molar-refractivity contribution in [3.05, 3.63) is 70.9 Å². The van der Waals surface area contributed by atoms with Crippen LogP contribution in [0.4, 0.5) is 0 Å². The summed E-state index contributed by atoms with van der Waals surface area (Å²) in [5.41, 5.74) is 4.40. The number of hydrogen-bond donors (Lipinski definition) is 1. The highest BCUT2D eigenvalue weighted by Gasteiger charge is 2.42. The van der Waals surface area contributed by atoms with E-state index >= 15 is 0 Å². The molecule has 3 aliphatic heterocycles. The van der Waals surface area contributed by atoms with Crippen molar-refractivity contribution in [1.82, 2.24) is 45.0 Å². The van der Waals surface area contributed by atoms with E-state index < -0.39 is 5.79 Å². The molecule has 0 radical (unpaired) electrons. The average Bonchev–Trinajstić information content (AvgIpc) is 3.73. The molecule has 4 aromatic heterocycles. The highest BCUT2D eigenvalue weighted by Crippen LogP contribution is 2.49. The first-order valence-corrected chi connectivity index (χ1v) is 15.0. The van der Waals surface area contributed by atoms with E-state index in [4.69, 9.17) is 30.8 Å². The summed E-state index contributed by atoms with van der Waals surface area (Å²) in [7, 11) is 0. The van der Waals surface area contributed by atoms with Crippen LogP contribution in [0.15, 0.2) is 48.8 Å². The van der Waals surface area contributed by atoms with E-state index in [1.807, 2.05) is 37.4 Å². The number of tetrazole rings is 1. The normalized spacial score (nSPS) is 22.2. The third-order valence-electron chi connectivity index (χ3n) is 8.68. The van der Waals surface area contributed by atoms with Crippen LogP contribution in [0.1, 0.15) is 49.2 Å². The molecule has 5 aromatic rings. The zero-order valence-electron chi connectivity index (χ0n) is 23.6. The number of likely N-dealkylation sites (tertiary alicyclic amines) is 1. The van der Waals surface area contributed by atoms with E-state index in [0.717, 1.165) is 80.4 Å². The van der Waals surface area contributed by atoms with Crippen molar-refractivity contribution in [2.75, 3.05) is 19.7 Å². The number of nitrogens with zero attached hydrogens (tertiary/aromatic N) is 8. The zero-order chi connectivity index (χ0) is 29.0. The molecule has 1 N–H and O–H groups in total. The second-order valence-corrected chi connectivity index (χ2v) is 11.9. The van der Waals surface area contributed by atoms with Gasteiger partial charge in [-0.3, -0.25) is 14.9 Å². The van der Waals surface area contributed by atoms with Crippen molar-refractivity contribution in [3.63, 3.8) is 0 Å². The predicted molar refractivity (Wildman–Crippen MR) is 157 cm³/mol. The summed E-state index contributed by atoms with van der Waals surface area (Å²) in [6.45, 7) is 6.12. The number of nitrogens with one attached hydrogen (secondary N) is 1. The lowest BCUT2D eigenvalue weighted by atomic mass is 9.88. The van der Waals surface area contributed by atoms with Gasteiger partial charge in [-0.05, 0) is 73.0 Å². The molecule has 220 valence electrons. The fraction of sp³-hybridized carbons (Fsp3) is 0.400. The van der Waals surface area contributed by atoms with Crippen LogP contribution in [0, 0.1) is 0 Å². The van der Waals surface area contributed by atoms with E-state index in [1.54, 1.807) is 12.3 Å². The average molecular weight is 600 g/mol. The van der Waals surface area contributed by atoms with E-state index in [2.05, 4.69) is 46.1 Å². The Labute approximate surface area is 252 Å². The zero-order valence-corrected chi connectivity index (χ0v) is 24.4. The van der Waals surface area contributed by atoms with Crippen LogP contribution >= 0.6 is 11.6 Å². The molecule has 0 spiro atoms. The Balaban J connectivity index is 0.995. The number of fused-ring (bicyclic) bond motifs is 2. The molecule has 0 unspecified atom stereocenters. The van der Waals surface area contributed by atoms with Crippen LogP contribution < -0.4 is 9.47 Å². The summed E-state index contributed by atoms with van der Waals surface area (Å²) < 4.78 is 20.8. The number of pyridine rings is 2. The number of aromatic nitrogens is 8. The molecule has 0 saturated carbocycles. The first-order valence-electron chi connectivity index (χ1n) is 14.6. The van der Waals surface area contributed by atoms with Crippen LogP contribution in [0.25, 0.3) is 22.6 Å². The number of para-hydroxylation sites is 1. The van der Waals surface area contributed by atoms with Gasteiger partial charge in [-0.25, -0.2) is 10.1 Å². The third kappa shape index (κ3) is 4.89. The summed E-state index contributed by atoms with van der Waals surface area (Å²) in [6, 6.07) is 11.8. The van der Waals surface area contributed by atoms with E-state index in [1.165, 1.54) is 5.56 Å². The Morgan fingerprint density at radius 2 is 1.95 bits per heavy atom. The summed E-state index contributed by atoms with van der Waals surface area (Å²) in [5, 5.41) is 14.7. The van der Waals surface area contributed by atoms with Crippen LogP contribution in [0.2, 0.25) is 5.02 Å². The summed E-state index contributed by atoms with van der Waals surface area (Å²) in [4.78, 5) is 16.6. The van der Waals surface area contributed by atoms with E-state index in [0.29, 0.717) is 28.2 Å². The van der Waals surface area contributed by atoms with Gasteiger partial charge in [0.25, 0.3) is 5.79 Å². The number of aromatic amines is 1. The maximum Gasteiger partial charge on any atom is 0.292 e. The number of piperidine rings is 1. The van der Waals surface area contributed by atoms with Crippen LogP contribution in [0.3, 0.4) is 0 Å². The van der Waals surface area contributed by atoms with Gasteiger partial charge in [0.05, 0.1) is 41.4 Å². The highest BCUT2D eigenvalue weighted by atomic mass is 35.5. The molecule has 2 saturated heterocycles. The van der Waals surface area contributed by atoms with Gasteiger partial charge in [0.2, 0.25) is 0 Å². The molecule has 12 nitrogen and oxygen atoms in total. The van der Waals surface area contributed by atoms with Crippen LogP contribution in [-0.4, -0.2) is 70.8 Å². The minimum Gasteiger partial charge on any atom is -0.443 e. The lowest BCUT2D eigenvalue weighted by molar-refractivity contribution is -0.0722. The quantitative estimate of drug-likeness (QED) is 0.286. The Morgan fingerprint density at radius 1 is 1.07 bits per heavy atom. The monoisotopic (exact) mass is 599 g/mol. The summed E-state index contributed by atoms with van der Waals surface area (Å²) in [5.74, 6) is 2.47. The molecule has 0 bridgehead atoms. The molecule has 0 amide bonds. The molecule has 43 heavy (non-hydrogen) atoms. The first kappa shape index (κ1) is 26.5. The lowest BCUT2D eigenvalue weighted by Crippen LogP contribution is -2.35. The Bertz CT molecular complexity index is 1770. The standard InChI is InChI=1S/C30H30ClN9O3/c1-30(26-6-5-19(31)14-33-26)42-25-4-2-3-21(28(25)43-30)18-7-10-39(11-8-18)17-27-34-22-13-23(29-35-37-38-36-29)32-15-24(22)40(27)16-20-9-12-41-20/h2-6,13-15,18,20H,7-12,16-17H2,1H3,(H,35,36,37,38)/t20-,30-/m0/s1. The number of H-pyrrole nitrogens is 1. The molecular formula is C30H30ClN9O3. The number of rotatable bonds is 7. The molecule has 2 fully saturated rings. The Morgan fingerprint density at radius 3 is 2.70 bits per heavy atom. The maximum atomic E-state index is 6.48. The molecule has 13 heteroatoms. The van der Waals surface area contributed by atoms with Gasteiger partial charge < -0.3 is 18.8 Å². The number of ether oxygens (including phenoxy) is 3. The number of halogens is 1. The molecule has 3 aliphatic rings. The van der Waals surface area contributed by atoms with Gasteiger partial charge in [0.15, 0.2) is 17.3 Å². The molecular weight excluding hydrogens is 570 g/mol. The number of hydrogen-bond acceptors (Lipinski definition) is 10. The fourth-order valence-electron chi connectivity index (χ4n) is 6.25. The number of imidazole rings is 1. The first-order chi connectivity index (χ1) is 21.0. The topological polar surface area (TPSA) is 129 Å². The van der Waals surface area contributed by atoms with Gasteiger partial charge in [-0.15, -0.1) is 5.10 Å². The largest absolute Gasteiger partial charge is 0.443 e. The summed E-state index contributed by atoms with van der Waals surface area (Å²) >= 11 is 6.06. The third-order valence-corrected chi connectivity index (χ3v) is 8.90. The Hall–Kier alpha value is -4.13. The molecule has 0 aliphatic carbocycles. The summed E-state index contributed by atoms with van der Waals surface area (Å²) in [6.07, 6.45) is 6.75. The Kier molecular flexibility index (Phi) is 6.50. The molecule has 8 rings (SSSR count). The van der Waals surface area contributed by atoms with Gasteiger partial charge in [-0.1, -0.05) is 23.7 Å². The van der Waals surface area contributed by atoms with Crippen molar-refractivity contribution >= 4 is 22.6 Å². The molecule has 7 heterocycles. The van der Waals surface area contributed by atoms with Gasteiger partial charge in [0.1, 0.15) is 17.2 Å². The molecule has 2 atom stereocenters. The van der Waals surface area contributed by atoms with Gasteiger partial charge >= 0.3 is 0 Å². The van der Waals surface area contributed by atoms with Crippen molar-refractivity contribution in [2.45, 2.75) is 57.1 Å². The number of benzene rings is 1. The second kappa shape index (κ2) is 10.5. The lowest BCUT2D eigenvalue weighted by Gasteiger charge is -2.33. The second-order valence-electron chi connectivity index (χ2n) is 11.5. The minimum absolute atomic E-state index is 0.205. The maximum absolute atomic E-state index is 6.48. The van der Waals surface area contributed by atoms with Crippen molar-refractivity contribution in [3.8, 4) is 23.0 Å². The van der Waals surface area contributed by atoms with Crippen LogP contribution in [0.5, 0.6) is 11.5 Å². The van der Waals surface area contributed by atoms with Crippen molar-refractivity contribution < 1.29 is 14.2 Å². The van der Waals surface area contributed by atoms with E-state index in [-0.39, 0.29) is 6.10 Å². The molecule has 1 aromatic carbocycles. The van der Waals surface area contributed by atoms with Crippen molar-refractivity contribution in [1.29, 1.82) is 0 Å². The minimum atomic E-state index is -0.994.